The molecular weight excluding hydrogens is 347 g/mol. The molecule has 0 saturated heterocycles. The van der Waals surface area contributed by atoms with E-state index in [4.69, 9.17) is 9.47 Å². The summed E-state index contributed by atoms with van der Waals surface area (Å²) in [6.07, 6.45) is -3.34. The van der Waals surface area contributed by atoms with Crippen molar-refractivity contribution in [2.45, 2.75) is 13.1 Å². The molecular formula is C19H16F3NO3. The minimum Gasteiger partial charge on any atom is -0.486 e. The summed E-state index contributed by atoms with van der Waals surface area (Å²) < 4.78 is 48.5. The van der Waals surface area contributed by atoms with Gasteiger partial charge >= 0.3 is 6.18 Å². The van der Waals surface area contributed by atoms with E-state index in [1.807, 2.05) is 0 Å². The number of hydrogen-bond acceptors (Lipinski definition) is 3. The Morgan fingerprint density at radius 1 is 1.04 bits per heavy atom. The average molecular weight is 363 g/mol. The summed E-state index contributed by atoms with van der Waals surface area (Å²) in [6.45, 7) is 1.92. The maximum Gasteiger partial charge on any atom is 0.412 e. The van der Waals surface area contributed by atoms with Crippen LogP contribution in [-0.2, 0) is 0 Å². The molecule has 1 heterocycles. The van der Waals surface area contributed by atoms with Crippen molar-refractivity contribution in [2.75, 3.05) is 18.5 Å². The molecule has 136 valence electrons. The molecule has 1 aliphatic heterocycles. The Labute approximate surface area is 148 Å². The van der Waals surface area contributed by atoms with Crippen molar-refractivity contribution in [3.05, 3.63) is 59.2 Å². The van der Waals surface area contributed by atoms with Crippen LogP contribution in [0.25, 0.3) is 6.08 Å². The number of alkyl halides is 3. The molecule has 1 amide bonds. The minimum absolute atomic E-state index is 0.335. The Balaban J connectivity index is 1.71. The third kappa shape index (κ3) is 4.17. The molecule has 0 spiro atoms. The van der Waals surface area contributed by atoms with Gasteiger partial charge in [0, 0.05) is 22.9 Å². The lowest BCUT2D eigenvalue weighted by Gasteiger charge is -2.19. The zero-order valence-electron chi connectivity index (χ0n) is 13.9. The van der Waals surface area contributed by atoms with E-state index in [0.717, 1.165) is 13.0 Å². The second-order valence-electron chi connectivity index (χ2n) is 5.76. The highest BCUT2D eigenvalue weighted by atomic mass is 19.4. The van der Waals surface area contributed by atoms with Crippen LogP contribution >= 0.6 is 0 Å². The molecule has 0 saturated carbocycles. The molecule has 0 aliphatic carbocycles. The molecule has 2 aromatic rings. The lowest BCUT2D eigenvalue weighted by Crippen LogP contribution is -2.16. The number of rotatable bonds is 3. The Kier molecular flexibility index (Phi) is 4.88. The van der Waals surface area contributed by atoms with Crippen molar-refractivity contribution < 1.29 is 27.4 Å². The van der Waals surface area contributed by atoms with Crippen molar-refractivity contribution in [1.29, 1.82) is 0 Å². The van der Waals surface area contributed by atoms with Gasteiger partial charge in [-0.2, -0.15) is 13.2 Å². The van der Waals surface area contributed by atoms with Gasteiger partial charge in [0.15, 0.2) is 11.5 Å². The van der Waals surface area contributed by atoms with Gasteiger partial charge in [-0.25, -0.2) is 0 Å². The second kappa shape index (κ2) is 7.11. The smallest absolute Gasteiger partial charge is 0.412 e. The Morgan fingerprint density at radius 2 is 1.69 bits per heavy atom. The number of carbonyl (C=O) groups is 1. The van der Waals surface area contributed by atoms with Crippen molar-refractivity contribution in [1.82, 2.24) is 0 Å². The molecule has 26 heavy (non-hydrogen) atoms. The van der Waals surface area contributed by atoms with Crippen molar-refractivity contribution in [3.63, 3.8) is 0 Å². The van der Waals surface area contributed by atoms with Crippen LogP contribution in [-0.4, -0.2) is 25.3 Å². The van der Waals surface area contributed by atoms with Gasteiger partial charge in [0.2, 0.25) is 0 Å². The van der Waals surface area contributed by atoms with Crippen LogP contribution in [0, 0.1) is 0 Å². The van der Waals surface area contributed by atoms with E-state index in [0.29, 0.717) is 41.5 Å². The number of amides is 1. The van der Waals surface area contributed by atoms with Crippen LogP contribution in [0.15, 0.2) is 48.0 Å². The largest absolute Gasteiger partial charge is 0.486 e. The maximum atomic E-state index is 12.6. The summed E-state index contributed by atoms with van der Waals surface area (Å²) in [4.78, 5) is 12.3. The summed E-state index contributed by atoms with van der Waals surface area (Å²) in [5, 5.41) is 2.72. The summed E-state index contributed by atoms with van der Waals surface area (Å²) >= 11 is 0. The van der Waals surface area contributed by atoms with E-state index in [2.05, 4.69) is 5.32 Å². The number of allylic oxidation sites excluding steroid dienone is 1. The molecule has 0 radical (unpaired) electrons. The normalized spacial score (nSPS) is 14.1. The summed E-state index contributed by atoms with van der Waals surface area (Å²) in [5.41, 5.74) is 0.541. The van der Waals surface area contributed by atoms with Gasteiger partial charge in [0.25, 0.3) is 5.91 Å². The third-order valence-corrected chi connectivity index (χ3v) is 3.80. The zero-order valence-corrected chi connectivity index (χ0v) is 13.9. The number of fused-ring (bicyclic) bond motifs is 1. The molecule has 0 aromatic heterocycles. The van der Waals surface area contributed by atoms with Crippen LogP contribution in [0.3, 0.4) is 0 Å². The van der Waals surface area contributed by atoms with Crippen molar-refractivity contribution in [3.8, 4) is 11.5 Å². The first-order valence-corrected chi connectivity index (χ1v) is 7.89. The fraction of sp³-hybridized carbons (Fsp3) is 0.211. The molecule has 3 rings (SSSR count). The van der Waals surface area contributed by atoms with Crippen molar-refractivity contribution >= 4 is 17.7 Å². The number of hydrogen-bond donors (Lipinski definition) is 1. The molecule has 7 heteroatoms. The molecule has 0 fully saturated rings. The van der Waals surface area contributed by atoms with Gasteiger partial charge in [0.1, 0.15) is 13.2 Å². The van der Waals surface area contributed by atoms with E-state index < -0.39 is 11.7 Å². The van der Waals surface area contributed by atoms with Gasteiger partial charge in [-0.15, -0.1) is 0 Å². The van der Waals surface area contributed by atoms with Gasteiger partial charge in [-0.05, 0) is 42.8 Å². The first-order chi connectivity index (χ1) is 12.3. The first-order valence-electron chi connectivity index (χ1n) is 7.89. The summed E-state index contributed by atoms with van der Waals surface area (Å²) in [5.74, 6) is 0.798. The molecule has 1 aliphatic rings. The summed E-state index contributed by atoms with van der Waals surface area (Å²) in [7, 11) is 0. The highest BCUT2D eigenvalue weighted by Crippen LogP contribution is 2.32. The van der Waals surface area contributed by atoms with Gasteiger partial charge < -0.3 is 14.8 Å². The molecule has 0 bridgehead atoms. The van der Waals surface area contributed by atoms with Gasteiger partial charge in [-0.3, -0.25) is 4.79 Å². The predicted octanol–water partition coefficient (Wildman–Crippen LogP) is 4.68. The fourth-order valence-electron chi connectivity index (χ4n) is 2.39. The highest BCUT2D eigenvalue weighted by molar-refractivity contribution is 6.04. The quantitative estimate of drug-likeness (QED) is 0.862. The SMILES string of the molecule is CC(=Cc1ccc(C(=O)Nc2ccc3c(c2)OCCO3)cc1)C(F)(F)F. The summed E-state index contributed by atoms with van der Waals surface area (Å²) in [6, 6.07) is 10.9. The minimum atomic E-state index is -4.37. The Bertz CT molecular complexity index is 842. The van der Waals surface area contributed by atoms with Gasteiger partial charge in [-0.1, -0.05) is 12.1 Å². The van der Waals surface area contributed by atoms with Crippen molar-refractivity contribution in [2.24, 2.45) is 0 Å². The first kappa shape index (κ1) is 17.8. The Hall–Kier alpha value is -2.96. The van der Waals surface area contributed by atoms with Crippen LogP contribution < -0.4 is 14.8 Å². The second-order valence-corrected chi connectivity index (χ2v) is 5.76. The van der Waals surface area contributed by atoms with Crippen LogP contribution in [0.2, 0.25) is 0 Å². The van der Waals surface area contributed by atoms with Crippen LogP contribution in [0.1, 0.15) is 22.8 Å². The maximum absolute atomic E-state index is 12.6. The monoisotopic (exact) mass is 363 g/mol. The van der Waals surface area contributed by atoms with E-state index in [1.54, 1.807) is 18.2 Å². The van der Waals surface area contributed by atoms with E-state index in [-0.39, 0.29) is 5.91 Å². The van der Waals surface area contributed by atoms with Crippen LogP contribution in [0.4, 0.5) is 18.9 Å². The highest BCUT2D eigenvalue weighted by Gasteiger charge is 2.29. The predicted molar refractivity (Wildman–Crippen MR) is 91.5 cm³/mol. The third-order valence-electron chi connectivity index (χ3n) is 3.80. The average Bonchev–Trinajstić information content (AvgIpc) is 2.61. The number of ether oxygens (including phenoxy) is 2. The van der Waals surface area contributed by atoms with Gasteiger partial charge in [0.05, 0.1) is 0 Å². The number of halogens is 3. The molecule has 2 aromatic carbocycles. The fourth-order valence-corrected chi connectivity index (χ4v) is 2.39. The number of anilines is 1. The number of benzene rings is 2. The lowest BCUT2D eigenvalue weighted by atomic mass is 10.1. The number of carbonyl (C=O) groups excluding carboxylic acids is 1. The van der Waals surface area contributed by atoms with E-state index in [1.165, 1.54) is 24.3 Å². The Morgan fingerprint density at radius 3 is 2.35 bits per heavy atom. The molecule has 1 N–H and O–H groups in total. The van der Waals surface area contributed by atoms with E-state index in [9.17, 15) is 18.0 Å². The van der Waals surface area contributed by atoms with E-state index >= 15 is 0 Å². The zero-order chi connectivity index (χ0) is 18.7. The molecule has 0 atom stereocenters. The standard InChI is InChI=1S/C19H16F3NO3/c1-12(19(20,21)22)10-13-2-4-14(5-3-13)18(24)23-15-6-7-16-17(11-15)26-9-8-25-16/h2-7,10-11H,8-9H2,1H3,(H,23,24). The topological polar surface area (TPSA) is 47.6 Å². The molecule has 0 unspecified atom stereocenters. The molecule has 4 nitrogen and oxygen atoms in total. The number of nitrogens with one attached hydrogen (secondary N) is 1. The van der Waals surface area contributed by atoms with Crippen LogP contribution in [0.5, 0.6) is 11.5 Å². The lowest BCUT2D eigenvalue weighted by molar-refractivity contribution is -0.0903.